The fourth-order valence-corrected chi connectivity index (χ4v) is 2.16. The molecule has 0 spiro atoms. The molecule has 0 aliphatic heterocycles. The zero-order valence-corrected chi connectivity index (χ0v) is 11.2. The average Bonchev–Trinajstić information content (AvgIpc) is 2.40. The molecule has 0 aliphatic rings. The Bertz CT molecular complexity index is 572. The summed E-state index contributed by atoms with van der Waals surface area (Å²) in [5.74, 6) is -1.66. The van der Waals surface area contributed by atoms with Gasteiger partial charge in [0.25, 0.3) is 0 Å². The van der Waals surface area contributed by atoms with Crippen molar-refractivity contribution in [3.05, 3.63) is 70.2 Å². The quantitative estimate of drug-likeness (QED) is 0.872. The highest BCUT2D eigenvalue weighted by Crippen LogP contribution is 2.22. The van der Waals surface area contributed by atoms with Crippen LogP contribution in [0.1, 0.15) is 24.1 Å². The van der Waals surface area contributed by atoms with E-state index in [4.69, 9.17) is 11.6 Å². The van der Waals surface area contributed by atoms with Gasteiger partial charge in [-0.3, -0.25) is 0 Å². The summed E-state index contributed by atoms with van der Waals surface area (Å²) < 4.78 is 25.9. The van der Waals surface area contributed by atoms with Crippen molar-refractivity contribution in [1.29, 1.82) is 0 Å². The molecule has 0 aliphatic carbocycles. The third-order valence-corrected chi connectivity index (χ3v) is 3.31. The van der Waals surface area contributed by atoms with Crippen LogP contribution in [0.15, 0.2) is 42.5 Å². The number of nitrogens with one attached hydrogen (secondary N) is 1. The average molecular weight is 282 g/mol. The minimum Gasteiger partial charge on any atom is -0.306 e. The van der Waals surface area contributed by atoms with E-state index in [0.717, 1.165) is 11.6 Å². The largest absolute Gasteiger partial charge is 0.306 e. The summed E-state index contributed by atoms with van der Waals surface area (Å²) in [6, 6.07) is 11.5. The Kier molecular flexibility index (Phi) is 4.51. The number of rotatable bonds is 4. The highest BCUT2D eigenvalue weighted by atomic mass is 35.5. The van der Waals surface area contributed by atoms with Gasteiger partial charge in [-0.25, -0.2) is 8.78 Å². The lowest BCUT2D eigenvalue weighted by molar-refractivity contribution is 0.504. The summed E-state index contributed by atoms with van der Waals surface area (Å²) in [4.78, 5) is 0. The third kappa shape index (κ3) is 3.52. The molecule has 1 atom stereocenters. The van der Waals surface area contributed by atoms with Crippen molar-refractivity contribution in [3.63, 3.8) is 0 Å². The zero-order valence-electron chi connectivity index (χ0n) is 10.5. The van der Waals surface area contributed by atoms with Gasteiger partial charge in [-0.1, -0.05) is 35.9 Å². The predicted octanol–water partition coefficient (Wildman–Crippen LogP) is 4.47. The molecule has 1 nitrogen and oxygen atoms in total. The first-order valence-corrected chi connectivity index (χ1v) is 6.37. The van der Waals surface area contributed by atoms with Crippen molar-refractivity contribution in [2.45, 2.75) is 19.5 Å². The molecule has 100 valence electrons. The summed E-state index contributed by atoms with van der Waals surface area (Å²) in [5, 5.41) is 3.92. The summed E-state index contributed by atoms with van der Waals surface area (Å²) >= 11 is 6.10. The van der Waals surface area contributed by atoms with Crippen LogP contribution in [0.4, 0.5) is 8.78 Å². The highest BCUT2D eigenvalue weighted by Gasteiger charge is 2.09. The zero-order chi connectivity index (χ0) is 13.8. The van der Waals surface area contributed by atoms with E-state index >= 15 is 0 Å². The van der Waals surface area contributed by atoms with Gasteiger partial charge in [-0.05, 0) is 36.2 Å². The molecule has 0 radical (unpaired) electrons. The molecule has 0 heterocycles. The summed E-state index contributed by atoms with van der Waals surface area (Å²) in [6.07, 6.45) is 0. The van der Waals surface area contributed by atoms with Crippen molar-refractivity contribution in [1.82, 2.24) is 5.32 Å². The van der Waals surface area contributed by atoms with Crippen LogP contribution < -0.4 is 5.32 Å². The minimum atomic E-state index is -0.831. The number of halogens is 3. The minimum absolute atomic E-state index is 0.0295. The number of hydrogen-bond donors (Lipinski definition) is 1. The van der Waals surface area contributed by atoms with Crippen molar-refractivity contribution in [2.24, 2.45) is 0 Å². The molecule has 2 aromatic carbocycles. The van der Waals surface area contributed by atoms with Crippen LogP contribution >= 0.6 is 11.6 Å². The van der Waals surface area contributed by atoms with Crippen LogP contribution in [-0.4, -0.2) is 0 Å². The van der Waals surface area contributed by atoms with E-state index in [2.05, 4.69) is 5.32 Å². The van der Waals surface area contributed by atoms with E-state index in [1.165, 1.54) is 6.07 Å². The van der Waals surface area contributed by atoms with Crippen LogP contribution in [0.5, 0.6) is 0 Å². The molecule has 0 saturated heterocycles. The summed E-state index contributed by atoms with van der Waals surface area (Å²) in [5.41, 5.74) is 1.67. The van der Waals surface area contributed by atoms with Crippen LogP contribution in [0.25, 0.3) is 0 Å². The smallest absolute Gasteiger partial charge is 0.159 e. The lowest BCUT2D eigenvalue weighted by atomic mass is 10.1. The molecule has 2 aromatic rings. The van der Waals surface area contributed by atoms with Gasteiger partial charge in [0.05, 0.1) is 0 Å². The maximum Gasteiger partial charge on any atom is 0.159 e. The topological polar surface area (TPSA) is 12.0 Å². The molecule has 4 heteroatoms. The lowest BCUT2D eigenvalue weighted by Gasteiger charge is -2.15. The van der Waals surface area contributed by atoms with Gasteiger partial charge in [0.2, 0.25) is 0 Å². The Balaban J connectivity index is 2.02. The highest BCUT2D eigenvalue weighted by molar-refractivity contribution is 6.31. The van der Waals surface area contributed by atoms with Crippen molar-refractivity contribution >= 4 is 11.6 Å². The lowest BCUT2D eigenvalue weighted by Crippen LogP contribution is -2.18. The Morgan fingerprint density at radius 3 is 2.53 bits per heavy atom. The second-order valence-corrected chi connectivity index (χ2v) is 4.78. The maximum atomic E-state index is 13.1. The molecular formula is C15H14ClF2N. The fourth-order valence-electron chi connectivity index (χ4n) is 1.86. The van der Waals surface area contributed by atoms with Crippen LogP contribution in [0.2, 0.25) is 5.02 Å². The van der Waals surface area contributed by atoms with E-state index in [9.17, 15) is 8.78 Å². The second-order valence-electron chi connectivity index (χ2n) is 4.37. The van der Waals surface area contributed by atoms with Crippen molar-refractivity contribution in [3.8, 4) is 0 Å². The first-order chi connectivity index (χ1) is 9.08. The van der Waals surface area contributed by atoms with Gasteiger partial charge in [0.15, 0.2) is 11.6 Å². The van der Waals surface area contributed by atoms with Gasteiger partial charge in [-0.2, -0.15) is 0 Å². The molecule has 0 unspecified atom stereocenters. The Hall–Kier alpha value is -1.45. The first kappa shape index (κ1) is 14.0. The molecule has 19 heavy (non-hydrogen) atoms. The van der Waals surface area contributed by atoms with Crippen molar-refractivity contribution < 1.29 is 8.78 Å². The predicted molar refractivity (Wildman–Crippen MR) is 73.1 cm³/mol. The monoisotopic (exact) mass is 281 g/mol. The molecular weight excluding hydrogens is 268 g/mol. The third-order valence-electron chi connectivity index (χ3n) is 2.97. The molecule has 0 amide bonds. The molecule has 1 N–H and O–H groups in total. The SMILES string of the molecule is C[C@@H](NCc1ccc(F)c(F)c1)c1ccccc1Cl. The number of benzene rings is 2. The van der Waals surface area contributed by atoms with Crippen LogP contribution in [0, 0.1) is 11.6 Å². The van der Waals surface area contributed by atoms with E-state index in [1.54, 1.807) is 6.07 Å². The Morgan fingerprint density at radius 2 is 1.84 bits per heavy atom. The van der Waals surface area contributed by atoms with Gasteiger partial charge in [0.1, 0.15) is 0 Å². The van der Waals surface area contributed by atoms with Gasteiger partial charge >= 0.3 is 0 Å². The van der Waals surface area contributed by atoms with E-state index in [-0.39, 0.29) is 6.04 Å². The molecule has 0 fully saturated rings. The van der Waals surface area contributed by atoms with Crippen LogP contribution in [0.3, 0.4) is 0 Å². The molecule has 0 bridgehead atoms. The van der Waals surface area contributed by atoms with E-state index in [1.807, 2.05) is 31.2 Å². The maximum absolute atomic E-state index is 13.1. The summed E-state index contributed by atoms with van der Waals surface area (Å²) in [6.45, 7) is 2.42. The van der Waals surface area contributed by atoms with Gasteiger partial charge in [-0.15, -0.1) is 0 Å². The van der Waals surface area contributed by atoms with Crippen LogP contribution in [-0.2, 0) is 6.54 Å². The first-order valence-electron chi connectivity index (χ1n) is 5.99. The Morgan fingerprint density at radius 1 is 1.11 bits per heavy atom. The Labute approximate surface area is 116 Å². The summed E-state index contributed by atoms with van der Waals surface area (Å²) in [7, 11) is 0. The van der Waals surface area contributed by atoms with E-state index < -0.39 is 11.6 Å². The van der Waals surface area contributed by atoms with Gasteiger partial charge in [0, 0.05) is 17.6 Å². The standard InChI is InChI=1S/C15H14ClF2N/c1-10(12-4-2-3-5-13(12)16)19-9-11-6-7-14(17)15(18)8-11/h2-8,10,19H,9H2,1H3/t10-/m1/s1. The number of hydrogen-bond acceptors (Lipinski definition) is 1. The van der Waals surface area contributed by atoms with Crippen molar-refractivity contribution in [2.75, 3.05) is 0 Å². The molecule has 2 rings (SSSR count). The second kappa shape index (κ2) is 6.13. The van der Waals surface area contributed by atoms with E-state index in [0.29, 0.717) is 17.1 Å². The van der Waals surface area contributed by atoms with Gasteiger partial charge < -0.3 is 5.32 Å². The normalized spacial score (nSPS) is 12.4. The fraction of sp³-hybridized carbons (Fsp3) is 0.200. The molecule has 0 aromatic heterocycles. The molecule has 0 saturated carbocycles.